The molecule has 6 nitrogen and oxygen atoms in total. The highest BCUT2D eigenvalue weighted by molar-refractivity contribution is 9.10. The monoisotopic (exact) mass is 259 g/mol. The van der Waals surface area contributed by atoms with E-state index in [0.29, 0.717) is 4.60 Å². The smallest absolute Gasteiger partial charge is 0.358 e. The molecule has 0 aromatic carbocycles. The lowest BCUT2D eigenvalue weighted by Crippen LogP contribution is -2.14. The summed E-state index contributed by atoms with van der Waals surface area (Å²) in [6, 6.07) is 0. The van der Waals surface area contributed by atoms with Crippen LogP contribution in [0.3, 0.4) is 0 Å². The summed E-state index contributed by atoms with van der Waals surface area (Å²) in [7, 11) is 0. The molecule has 0 fully saturated rings. The van der Waals surface area contributed by atoms with Gasteiger partial charge in [0.1, 0.15) is 4.60 Å². The van der Waals surface area contributed by atoms with Crippen LogP contribution in [0.4, 0.5) is 5.82 Å². The number of anilines is 1. The Bertz CT molecular complexity index is 394. The topological polar surface area (TPSA) is 92.2 Å². The molecule has 14 heavy (non-hydrogen) atoms. The van der Waals surface area contributed by atoms with Crippen molar-refractivity contribution in [3.63, 3.8) is 0 Å². The van der Waals surface area contributed by atoms with Crippen molar-refractivity contribution < 1.29 is 14.7 Å². The number of hydrogen-bond acceptors (Lipinski definition) is 4. The van der Waals surface area contributed by atoms with Gasteiger partial charge < -0.3 is 10.4 Å². The molecule has 0 bridgehead atoms. The molecule has 1 heterocycles. The second kappa shape index (κ2) is 4.14. The second-order valence-corrected chi connectivity index (χ2v) is 3.19. The van der Waals surface area contributed by atoms with Gasteiger partial charge in [0.2, 0.25) is 5.91 Å². The number of halogens is 1. The first-order chi connectivity index (χ1) is 6.50. The lowest BCUT2D eigenvalue weighted by atomic mass is 10.4. The van der Waals surface area contributed by atoms with Gasteiger partial charge in [0.25, 0.3) is 0 Å². The van der Waals surface area contributed by atoms with Crippen LogP contribution in [0.15, 0.2) is 10.8 Å². The minimum Gasteiger partial charge on any atom is -0.476 e. The van der Waals surface area contributed by atoms with E-state index < -0.39 is 11.9 Å². The second-order valence-electron chi connectivity index (χ2n) is 2.38. The summed E-state index contributed by atoms with van der Waals surface area (Å²) >= 11 is 2.98. The highest BCUT2D eigenvalue weighted by atomic mass is 79.9. The van der Waals surface area contributed by atoms with Crippen LogP contribution in [0.25, 0.3) is 0 Å². The number of carboxylic acid groups (broad SMARTS) is 1. The quantitative estimate of drug-likeness (QED) is 0.823. The molecule has 1 amide bonds. The zero-order valence-electron chi connectivity index (χ0n) is 7.11. The molecule has 0 atom stereocenters. The van der Waals surface area contributed by atoms with E-state index in [1.165, 1.54) is 13.1 Å². The Hall–Kier alpha value is -1.50. The lowest BCUT2D eigenvalue weighted by molar-refractivity contribution is -0.114. The molecule has 0 unspecified atom stereocenters. The molecule has 7 heteroatoms. The van der Waals surface area contributed by atoms with E-state index in [1.807, 2.05) is 0 Å². The Kier molecular flexibility index (Phi) is 3.13. The van der Waals surface area contributed by atoms with E-state index in [9.17, 15) is 9.59 Å². The Morgan fingerprint density at radius 1 is 1.57 bits per heavy atom. The van der Waals surface area contributed by atoms with Crippen molar-refractivity contribution in [1.29, 1.82) is 0 Å². The zero-order chi connectivity index (χ0) is 10.7. The van der Waals surface area contributed by atoms with Crippen molar-refractivity contribution in [3.05, 3.63) is 16.5 Å². The van der Waals surface area contributed by atoms with Crippen LogP contribution in [0.1, 0.15) is 17.4 Å². The van der Waals surface area contributed by atoms with Gasteiger partial charge in [-0.2, -0.15) is 0 Å². The fraction of sp³-hybridized carbons (Fsp3) is 0.143. The zero-order valence-corrected chi connectivity index (χ0v) is 8.70. The predicted molar refractivity (Wildman–Crippen MR) is 51.0 cm³/mol. The maximum atomic E-state index is 10.7. The molecule has 0 aliphatic heterocycles. The van der Waals surface area contributed by atoms with Gasteiger partial charge in [0, 0.05) is 6.92 Å². The third-order valence-electron chi connectivity index (χ3n) is 1.24. The standard InChI is InChI=1S/C7H6BrN3O3/c1-3(12)10-6-5(7(13)14)11-4(8)2-9-6/h2H,1H3,(H,13,14)(H,9,10,12). The van der Waals surface area contributed by atoms with E-state index in [1.54, 1.807) is 0 Å². The van der Waals surface area contributed by atoms with Gasteiger partial charge in [-0.15, -0.1) is 0 Å². The third-order valence-corrected chi connectivity index (χ3v) is 1.62. The summed E-state index contributed by atoms with van der Waals surface area (Å²) in [5.41, 5.74) is -0.297. The first-order valence-electron chi connectivity index (χ1n) is 3.54. The predicted octanol–water partition coefficient (Wildman–Crippen LogP) is 0.896. The van der Waals surface area contributed by atoms with Gasteiger partial charge in [-0.3, -0.25) is 4.79 Å². The fourth-order valence-electron chi connectivity index (χ4n) is 0.775. The Morgan fingerprint density at radius 3 is 2.71 bits per heavy atom. The Labute approximate surface area is 87.5 Å². The number of aromatic carboxylic acids is 1. The molecular formula is C7H6BrN3O3. The molecule has 1 aromatic rings. The van der Waals surface area contributed by atoms with Crippen molar-refractivity contribution >= 4 is 33.6 Å². The molecular weight excluding hydrogens is 254 g/mol. The molecule has 0 aliphatic rings. The van der Waals surface area contributed by atoms with Gasteiger partial charge in [0.15, 0.2) is 11.5 Å². The van der Waals surface area contributed by atoms with E-state index in [2.05, 4.69) is 31.2 Å². The van der Waals surface area contributed by atoms with Crippen LogP contribution in [0.2, 0.25) is 0 Å². The maximum absolute atomic E-state index is 10.7. The number of rotatable bonds is 2. The molecule has 0 spiro atoms. The SMILES string of the molecule is CC(=O)Nc1ncc(Br)nc1C(=O)O. The normalized spacial score (nSPS) is 9.57. The van der Waals surface area contributed by atoms with Crippen LogP contribution in [-0.4, -0.2) is 27.0 Å². The molecule has 1 rings (SSSR count). The minimum atomic E-state index is -1.25. The molecule has 2 N–H and O–H groups in total. The number of carbonyl (C=O) groups excluding carboxylic acids is 1. The van der Waals surface area contributed by atoms with Crippen molar-refractivity contribution in [2.45, 2.75) is 6.92 Å². The summed E-state index contributed by atoms with van der Waals surface area (Å²) in [5.74, 6) is -1.71. The highest BCUT2D eigenvalue weighted by Crippen LogP contribution is 2.13. The molecule has 1 aromatic heterocycles. The van der Waals surface area contributed by atoms with Crippen LogP contribution >= 0.6 is 15.9 Å². The number of aromatic nitrogens is 2. The van der Waals surface area contributed by atoms with E-state index in [4.69, 9.17) is 5.11 Å². The van der Waals surface area contributed by atoms with E-state index >= 15 is 0 Å². The van der Waals surface area contributed by atoms with Gasteiger partial charge in [-0.1, -0.05) is 0 Å². The van der Waals surface area contributed by atoms with Gasteiger partial charge in [0.05, 0.1) is 6.20 Å². The van der Waals surface area contributed by atoms with Crippen LogP contribution in [0, 0.1) is 0 Å². The number of nitrogens with one attached hydrogen (secondary N) is 1. The van der Waals surface area contributed by atoms with Crippen molar-refractivity contribution in [3.8, 4) is 0 Å². The van der Waals surface area contributed by atoms with E-state index in [0.717, 1.165) is 0 Å². The molecule has 0 saturated carbocycles. The first-order valence-corrected chi connectivity index (χ1v) is 4.33. The van der Waals surface area contributed by atoms with Gasteiger partial charge >= 0.3 is 5.97 Å². The van der Waals surface area contributed by atoms with Crippen LogP contribution in [-0.2, 0) is 4.79 Å². The summed E-state index contributed by atoms with van der Waals surface area (Å²) in [6.45, 7) is 1.26. The summed E-state index contributed by atoms with van der Waals surface area (Å²) in [5, 5.41) is 11.0. The van der Waals surface area contributed by atoms with Crippen LogP contribution < -0.4 is 5.32 Å². The number of carboxylic acids is 1. The van der Waals surface area contributed by atoms with Crippen molar-refractivity contribution in [1.82, 2.24) is 9.97 Å². The molecule has 0 saturated heterocycles. The van der Waals surface area contributed by atoms with E-state index in [-0.39, 0.29) is 11.5 Å². The summed E-state index contributed by atoms with van der Waals surface area (Å²) < 4.78 is 0.295. The average Bonchev–Trinajstić information content (AvgIpc) is 2.07. The third kappa shape index (κ3) is 2.49. The van der Waals surface area contributed by atoms with Crippen molar-refractivity contribution in [2.75, 3.05) is 5.32 Å². The highest BCUT2D eigenvalue weighted by Gasteiger charge is 2.14. The molecule has 74 valence electrons. The fourth-order valence-corrected chi connectivity index (χ4v) is 1.05. The largest absolute Gasteiger partial charge is 0.476 e. The lowest BCUT2D eigenvalue weighted by Gasteiger charge is -2.03. The van der Waals surface area contributed by atoms with Gasteiger partial charge in [-0.25, -0.2) is 14.8 Å². The molecule has 0 radical (unpaired) electrons. The Balaban J connectivity index is 3.14. The maximum Gasteiger partial charge on any atom is 0.358 e. The Morgan fingerprint density at radius 2 is 2.21 bits per heavy atom. The number of nitrogens with zero attached hydrogens (tertiary/aromatic N) is 2. The molecule has 0 aliphatic carbocycles. The minimum absolute atomic E-state index is 0.0619. The first kappa shape index (κ1) is 10.6. The van der Waals surface area contributed by atoms with Crippen LogP contribution in [0.5, 0.6) is 0 Å². The number of amides is 1. The average molecular weight is 260 g/mol. The number of carbonyl (C=O) groups is 2. The van der Waals surface area contributed by atoms with Crippen molar-refractivity contribution in [2.24, 2.45) is 0 Å². The summed E-state index contributed by atoms with van der Waals surface area (Å²) in [4.78, 5) is 28.8. The summed E-state index contributed by atoms with van der Waals surface area (Å²) in [6.07, 6.45) is 1.30. The van der Waals surface area contributed by atoms with Gasteiger partial charge in [-0.05, 0) is 15.9 Å². The number of hydrogen-bond donors (Lipinski definition) is 2.